The zero-order valence-electron chi connectivity index (χ0n) is 13.9. The van der Waals surface area contributed by atoms with E-state index in [1.54, 1.807) is 0 Å². The van der Waals surface area contributed by atoms with Gasteiger partial charge in [0.1, 0.15) is 12.4 Å². The Morgan fingerprint density at radius 2 is 1.77 bits per heavy atom. The van der Waals surface area contributed by atoms with Crippen LogP contribution in [0.15, 0.2) is 48.5 Å². The number of hydrogen-bond donors (Lipinski definition) is 1. The molecular formula is C20H27NO. The largest absolute Gasteiger partial charge is 0.489 e. The fourth-order valence-corrected chi connectivity index (χ4v) is 2.22. The first-order valence-corrected chi connectivity index (χ1v) is 8.11. The monoisotopic (exact) mass is 297 g/mol. The van der Waals surface area contributed by atoms with Crippen molar-refractivity contribution in [2.45, 2.75) is 40.3 Å². The van der Waals surface area contributed by atoms with Gasteiger partial charge in [0.2, 0.25) is 0 Å². The Morgan fingerprint density at radius 1 is 1.00 bits per heavy atom. The summed E-state index contributed by atoms with van der Waals surface area (Å²) in [5.41, 5.74) is 3.74. The minimum Gasteiger partial charge on any atom is -0.489 e. The van der Waals surface area contributed by atoms with E-state index in [1.807, 2.05) is 6.07 Å². The van der Waals surface area contributed by atoms with Crippen LogP contribution in [0.4, 0.5) is 0 Å². The molecule has 0 bridgehead atoms. The van der Waals surface area contributed by atoms with Crippen molar-refractivity contribution in [3.05, 3.63) is 65.2 Å². The third kappa shape index (κ3) is 5.90. The number of nitrogens with one attached hydrogen (secondary N) is 1. The van der Waals surface area contributed by atoms with E-state index in [4.69, 9.17) is 4.74 Å². The van der Waals surface area contributed by atoms with Crippen LogP contribution >= 0.6 is 0 Å². The van der Waals surface area contributed by atoms with E-state index in [-0.39, 0.29) is 0 Å². The van der Waals surface area contributed by atoms with Crippen molar-refractivity contribution in [1.82, 2.24) is 5.32 Å². The van der Waals surface area contributed by atoms with Gasteiger partial charge in [0.25, 0.3) is 0 Å². The summed E-state index contributed by atoms with van der Waals surface area (Å²) in [4.78, 5) is 0. The lowest BCUT2D eigenvalue weighted by atomic mass is 10.1. The van der Waals surface area contributed by atoms with Gasteiger partial charge in [-0.3, -0.25) is 0 Å². The van der Waals surface area contributed by atoms with Crippen LogP contribution in [0.1, 0.15) is 37.0 Å². The van der Waals surface area contributed by atoms with Crippen LogP contribution < -0.4 is 10.1 Å². The van der Waals surface area contributed by atoms with E-state index in [2.05, 4.69) is 68.6 Å². The molecule has 0 fully saturated rings. The van der Waals surface area contributed by atoms with Crippen molar-refractivity contribution < 1.29 is 4.74 Å². The molecule has 0 amide bonds. The Bertz CT molecular complexity index is 560. The van der Waals surface area contributed by atoms with Gasteiger partial charge in [-0.2, -0.15) is 0 Å². The highest BCUT2D eigenvalue weighted by Crippen LogP contribution is 2.15. The summed E-state index contributed by atoms with van der Waals surface area (Å²) in [7, 11) is 0. The van der Waals surface area contributed by atoms with Gasteiger partial charge in [0, 0.05) is 6.54 Å². The van der Waals surface area contributed by atoms with Crippen molar-refractivity contribution in [2.75, 3.05) is 6.54 Å². The molecule has 2 nitrogen and oxygen atoms in total. The maximum Gasteiger partial charge on any atom is 0.120 e. The van der Waals surface area contributed by atoms with Gasteiger partial charge >= 0.3 is 0 Å². The first-order chi connectivity index (χ1) is 10.6. The molecule has 1 N–H and O–H groups in total. The molecule has 0 aromatic heterocycles. The summed E-state index contributed by atoms with van der Waals surface area (Å²) >= 11 is 0. The molecule has 0 radical (unpaired) electrons. The molecule has 0 unspecified atom stereocenters. The van der Waals surface area contributed by atoms with Crippen LogP contribution in [0.25, 0.3) is 0 Å². The smallest absolute Gasteiger partial charge is 0.120 e. The molecule has 0 atom stereocenters. The quantitative estimate of drug-likeness (QED) is 0.712. The fraction of sp³-hybridized carbons (Fsp3) is 0.400. The van der Waals surface area contributed by atoms with E-state index in [1.165, 1.54) is 23.1 Å². The highest BCUT2D eigenvalue weighted by Gasteiger charge is 1.99. The molecule has 118 valence electrons. The maximum absolute atomic E-state index is 5.89. The van der Waals surface area contributed by atoms with Crippen molar-refractivity contribution >= 4 is 0 Å². The van der Waals surface area contributed by atoms with Crippen molar-refractivity contribution in [3.8, 4) is 5.75 Å². The molecule has 2 aromatic rings. The lowest BCUT2D eigenvalue weighted by Crippen LogP contribution is -2.16. The predicted octanol–water partition coefficient (Wildman–Crippen LogP) is 4.71. The second kappa shape index (κ2) is 8.60. The highest BCUT2D eigenvalue weighted by molar-refractivity contribution is 5.29. The number of hydrogen-bond acceptors (Lipinski definition) is 2. The number of ether oxygens (including phenoxy) is 1. The molecule has 0 spiro atoms. The SMILES string of the molecule is Cc1ccc(COc2cccc(CNCCC(C)C)c2)cc1. The molecule has 0 saturated heterocycles. The molecule has 22 heavy (non-hydrogen) atoms. The summed E-state index contributed by atoms with van der Waals surface area (Å²) < 4.78 is 5.89. The summed E-state index contributed by atoms with van der Waals surface area (Å²) in [6, 6.07) is 16.8. The van der Waals surface area contributed by atoms with Crippen molar-refractivity contribution in [1.29, 1.82) is 0 Å². The van der Waals surface area contributed by atoms with Crippen LogP contribution in [0.3, 0.4) is 0 Å². The highest BCUT2D eigenvalue weighted by atomic mass is 16.5. The van der Waals surface area contributed by atoms with E-state index >= 15 is 0 Å². The minimum atomic E-state index is 0.616. The van der Waals surface area contributed by atoms with Gasteiger partial charge in [-0.25, -0.2) is 0 Å². The van der Waals surface area contributed by atoms with Gasteiger partial charge in [0.05, 0.1) is 0 Å². The second-order valence-corrected chi connectivity index (χ2v) is 6.28. The van der Waals surface area contributed by atoms with E-state index in [0.717, 1.165) is 24.8 Å². The molecule has 0 aliphatic carbocycles. The number of rotatable bonds is 8. The summed E-state index contributed by atoms with van der Waals surface area (Å²) in [6.45, 7) is 9.17. The first-order valence-electron chi connectivity index (χ1n) is 8.11. The Kier molecular flexibility index (Phi) is 6.47. The summed E-state index contributed by atoms with van der Waals surface area (Å²) in [6.07, 6.45) is 1.21. The van der Waals surface area contributed by atoms with Gasteiger partial charge in [-0.1, -0.05) is 55.8 Å². The maximum atomic E-state index is 5.89. The number of benzene rings is 2. The van der Waals surface area contributed by atoms with Gasteiger partial charge in [-0.05, 0) is 49.1 Å². The zero-order chi connectivity index (χ0) is 15.8. The molecule has 0 heterocycles. The minimum absolute atomic E-state index is 0.616. The third-order valence-corrected chi connectivity index (χ3v) is 3.65. The lowest BCUT2D eigenvalue weighted by Gasteiger charge is -2.10. The second-order valence-electron chi connectivity index (χ2n) is 6.28. The van der Waals surface area contributed by atoms with Crippen LogP contribution in [-0.2, 0) is 13.2 Å². The third-order valence-electron chi connectivity index (χ3n) is 3.65. The van der Waals surface area contributed by atoms with Gasteiger partial charge < -0.3 is 10.1 Å². The van der Waals surface area contributed by atoms with Crippen molar-refractivity contribution in [3.63, 3.8) is 0 Å². The molecule has 2 heteroatoms. The molecule has 0 aliphatic heterocycles. The van der Waals surface area contributed by atoms with E-state index in [9.17, 15) is 0 Å². The standard InChI is InChI=1S/C20H27NO/c1-16(2)11-12-21-14-19-5-4-6-20(13-19)22-15-18-9-7-17(3)8-10-18/h4-10,13,16,21H,11-12,14-15H2,1-3H3. The van der Waals surface area contributed by atoms with Gasteiger partial charge in [0.15, 0.2) is 0 Å². The van der Waals surface area contributed by atoms with Crippen LogP contribution in [0, 0.1) is 12.8 Å². The van der Waals surface area contributed by atoms with Crippen LogP contribution in [-0.4, -0.2) is 6.54 Å². The van der Waals surface area contributed by atoms with Gasteiger partial charge in [-0.15, -0.1) is 0 Å². The topological polar surface area (TPSA) is 21.3 Å². The summed E-state index contributed by atoms with van der Waals surface area (Å²) in [5.74, 6) is 1.68. The Morgan fingerprint density at radius 3 is 2.50 bits per heavy atom. The summed E-state index contributed by atoms with van der Waals surface area (Å²) in [5, 5.41) is 3.48. The molecule has 2 aromatic carbocycles. The number of aryl methyl sites for hydroxylation is 1. The Balaban J connectivity index is 1.81. The molecule has 2 rings (SSSR count). The lowest BCUT2D eigenvalue weighted by molar-refractivity contribution is 0.306. The normalized spacial score (nSPS) is 10.9. The van der Waals surface area contributed by atoms with Crippen LogP contribution in [0.5, 0.6) is 5.75 Å². The fourth-order valence-electron chi connectivity index (χ4n) is 2.22. The first kappa shape index (κ1) is 16.6. The molecular weight excluding hydrogens is 270 g/mol. The average molecular weight is 297 g/mol. The zero-order valence-corrected chi connectivity index (χ0v) is 13.9. The van der Waals surface area contributed by atoms with E-state index in [0.29, 0.717) is 6.61 Å². The molecule has 0 saturated carbocycles. The Hall–Kier alpha value is -1.80. The van der Waals surface area contributed by atoms with E-state index < -0.39 is 0 Å². The Labute approximate surface area is 134 Å². The molecule has 0 aliphatic rings. The average Bonchev–Trinajstić information content (AvgIpc) is 2.51. The van der Waals surface area contributed by atoms with Crippen LogP contribution in [0.2, 0.25) is 0 Å². The predicted molar refractivity (Wildman–Crippen MR) is 93.1 cm³/mol. The van der Waals surface area contributed by atoms with Crippen molar-refractivity contribution in [2.24, 2.45) is 5.92 Å².